The zero-order valence-corrected chi connectivity index (χ0v) is 19.8. The van der Waals surface area contributed by atoms with Crippen LogP contribution in [0.3, 0.4) is 0 Å². The van der Waals surface area contributed by atoms with Crippen LogP contribution in [0.2, 0.25) is 0 Å². The van der Waals surface area contributed by atoms with E-state index in [4.69, 9.17) is 9.47 Å². The minimum Gasteiger partial charge on any atom is -0.497 e. The molecule has 2 amide bonds. The van der Waals surface area contributed by atoms with Crippen molar-refractivity contribution in [2.75, 3.05) is 26.1 Å². The van der Waals surface area contributed by atoms with Gasteiger partial charge >= 0.3 is 0 Å². The van der Waals surface area contributed by atoms with Gasteiger partial charge in [0.15, 0.2) is 0 Å². The molecule has 4 rings (SSSR count). The summed E-state index contributed by atoms with van der Waals surface area (Å²) in [5, 5.41) is 3.19. The van der Waals surface area contributed by atoms with Crippen LogP contribution in [0.5, 0.6) is 11.5 Å². The number of hydrogen-bond acceptors (Lipinski definition) is 5. The van der Waals surface area contributed by atoms with Gasteiger partial charge in [-0.2, -0.15) is 0 Å². The van der Waals surface area contributed by atoms with Crippen molar-refractivity contribution in [3.05, 3.63) is 94.7 Å². The fourth-order valence-corrected chi connectivity index (χ4v) is 3.97. The SMILES string of the molecule is COc1cc(NC2=C(c3ccc(C)c(C)c3)C(=O)N(CCc3ccccc3)C2=O)cc(OC)c1. The fourth-order valence-electron chi connectivity index (χ4n) is 3.97. The van der Waals surface area contributed by atoms with Crippen LogP contribution in [0.25, 0.3) is 5.57 Å². The van der Waals surface area contributed by atoms with Crippen molar-refractivity contribution in [1.82, 2.24) is 4.90 Å². The molecule has 0 fully saturated rings. The Kier molecular flexibility index (Phi) is 6.68. The third-order valence-electron chi connectivity index (χ3n) is 6.05. The maximum absolute atomic E-state index is 13.5. The fraction of sp³-hybridized carbons (Fsp3) is 0.214. The molecule has 3 aromatic carbocycles. The van der Waals surface area contributed by atoms with Gasteiger partial charge in [-0.25, -0.2) is 0 Å². The molecule has 1 aliphatic rings. The Bertz CT molecular complexity index is 1240. The predicted molar refractivity (Wildman–Crippen MR) is 133 cm³/mol. The molecule has 0 atom stereocenters. The third-order valence-corrected chi connectivity index (χ3v) is 6.05. The van der Waals surface area contributed by atoms with E-state index in [1.165, 1.54) is 4.90 Å². The molecule has 1 N–H and O–H groups in total. The van der Waals surface area contributed by atoms with Gasteiger partial charge in [-0.3, -0.25) is 14.5 Å². The van der Waals surface area contributed by atoms with E-state index < -0.39 is 0 Å². The van der Waals surface area contributed by atoms with E-state index in [0.29, 0.717) is 41.3 Å². The number of nitrogens with zero attached hydrogens (tertiary/aromatic N) is 1. The van der Waals surface area contributed by atoms with E-state index in [1.54, 1.807) is 32.4 Å². The molecule has 0 bridgehead atoms. The van der Waals surface area contributed by atoms with Crippen LogP contribution in [0.1, 0.15) is 22.3 Å². The largest absolute Gasteiger partial charge is 0.497 e. The van der Waals surface area contributed by atoms with Gasteiger partial charge in [0.1, 0.15) is 17.2 Å². The summed E-state index contributed by atoms with van der Waals surface area (Å²) in [6.07, 6.45) is 0.582. The minimum absolute atomic E-state index is 0.247. The van der Waals surface area contributed by atoms with Crippen LogP contribution < -0.4 is 14.8 Å². The quantitative estimate of drug-likeness (QED) is 0.495. The van der Waals surface area contributed by atoms with E-state index in [0.717, 1.165) is 16.7 Å². The Hall–Kier alpha value is -4.06. The Labute approximate surface area is 199 Å². The molecule has 0 saturated carbocycles. The molecule has 0 aliphatic carbocycles. The summed E-state index contributed by atoms with van der Waals surface area (Å²) in [5.74, 6) is 0.498. The molecule has 0 unspecified atom stereocenters. The molecule has 3 aromatic rings. The monoisotopic (exact) mass is 456 g/mol. The number of carbonyl (C=O) groups excluding carboxylic acids is 2. The highest BCUT2D eigenvalue weighted by Gasteiger charge is 2.39. The van der Waals surface area contributed by atoms with Gasteiger partial charge in [-0.05, 0) is 42.5 Å². The zero-order valence-electron chi connectivity index (χ0n) is 19.8. The van der Waals surface area contributed by atoms with Crippen LogP contribution >= 0.6 is 0 Å². The number of imide groups is 1. The number of hydrogen-bond donors (Lipinski definition) is 1. The van der Waals surface area contributed by atoms with Crippen molar-refractivity contribution >= 4 is 23.1 Å². The van der Waals surface area contributed by atoms with Crippen molar-refractivity contribution in [3.8, 4) is 11.5 Å². The molecule has 0 spiro atoms. The van der Waals surface area contributed by atoms with E-state index in [9.17, 15) is 9.59 Å². The number of rotatable bonds is 8. The Balaban J connectivity index is 1.73. The van der Waals surface area contributed by atoms with Gasteiger partial charge in [0.2, 0.25) is 0 Å². The third kappa shape index (κ3) is 4.66. The van der Waals surface area contributed by atoms with Crippen molar-refractivity contribution in [1.29, 1.82) is 0 Å². The first-order valence-electron chi connectivity index (χ1n) is 11.1. The number of nitrogens with one attached hydrogen (secondary N) is 1. The van der Waals surface area contributed by atoms with Crippen molar-refractivity contribution < 1.29 is 19.1 Å². The zero-order chi connectivity index (χ0) is 24.2. The van der Waals surface area contributed by atoms with Crippen molar-refractivity contribution in [2.24, 2.45) is 0 Å². The van der Waals surface area contributed by atoms with Crippen molar-refractivity contribution in [2.45, 2.75) is 20.3 Å². The number of aryl methyl sites for hydroxylation is 2. The van der Waals surface area contributed by atoms with Crippen LogP contribution in [-0.2, 0) is 16.0 Å². The molecule has 0 radical (unpaired) electrons. The molecule has 0 saturated heterocycles. The van der Waals surface area contributed by atoms with Gasteiger partial charge in [0.05, 0.1) is 19.8 Å². The molecule has 34 heavy (non-hydrogen) atoms. The highest BCUT2D eigenvalue weighted by atomic mass is 16.5. The van der Waals surface area contributed by atoms with Crippen molar-refractivity contribution in [3.63, 3.8) is 0 Å². The second kappa shape index (κ2) is 9.83. The predicted octanol–water partition coefficient (Wildman–Crippen LogP) is 4.76. The summed E-state index contributed by atoms with van der Waals surface area (Å²) in [4.78, 5) is 28.4. The normalized spacial score (nSPS) is 13.5. The maximum Gasteiger partial charge on any atom is 0.278 e. The van der Waals surface area contributed by atoms with E-state index in [2.05, 4.69) is 5.32 Å². The lowest BCUT2D eigenvalue weighted by Gasteiger charge is -2.15. The summed E-state index contributed by atoms with van der Waals surface area (Å²) in [6, 6.07) is 20.9. The van der Waals surface area contributed by atoms with Crippen LogP contribution in [0, 0.1) is 13.8 Å². The summed E-state index contributed by atoms with van der Waals surface area (Å²) in [6.45, 7) is 4.30. The molecule has 1 heterocycles. The van der Waals surface area contributed by atoms with E-state index >= 15 is 0 Å². The first-order valence-corrected chi connectivity index (χ1v) is 11.1. The number of methoxy groups -OCH3 is 2. The number of benzene rings is 3. The average Bonchev–Trinajstić information content (AvgIpc) is 3.08. The van der Waals surface area contributed by atoms with Gasteiger partial charge in [0, 0.05) is 30.4 Å². The molecule has 0 aromatic heterocycles. The molecule has 1 aliphatic heterocycles. The molecular formula is C28H28N2O4. The lowest BCUT2D eigenvalue weighted by atomic mass is 9.99. The van der Waals surface area contributed by atoms with Crippen LogP contribution in [0.15, 0.2) is 72.4 Å². The number of ether oxygens (including phenoxy) is 2. The number of carbonyl (C=O) groups is 2. The maximum atomic E-state index is 13.5. The Morgan fingerprint density at radius 3 is 2.09 bits per heavy atom. The van der Waals surface area contributed by atoms with Gasteiger partial charge in [0.25, 0.3) is 11.8 Å². The van der Waals surface area contributed by atoms with Gasteiger partial charge in [-0.15, -0.1) is 0 Å². The van der Waals surface area contributed by atoms with Gasteiger partial charge < -0.3 is 14.8 Å². The van der Waals surface area contributed by atoms with E-state index in [-0.39, 0.29) is 17.5 Å². The summed E-state index contributed by atoms with van der Waals surface area (Å²) in [5.41, 5.74) is 5.15. The highest BCUT2D eigenvalue weighted by Crippen LogP contribution is 2.33. The number of amides is 2. The summed E-state index contributed by atoms with van der Waals surface area (Å²) in [7, 11) is 3.13. The minimum atomic E-state index is -0.351. The Morgan fingerprint density at radius 2 is 1.47 bits per heavy atom. The molecule has 174 valence electrons. The first-order chi connectivity index (χ1) is 16.4. The average molecular weight is 457 g/mol. The molecule has 6 nitrogen and oxygen atoms in total. The Morgan fingerprint density at radius 1 is 0.794 bits per heavy atom. The lowest BCUT2D eigenvalue weighted by molar-refractivity contribution is -0.136. The second-order valence-electron chi connectivity index (χ2n) is 8.27. The smallest absolute Gasteiger partial charge is 0.278 e. The lowest BCUT2D eigenvalue weighted by Crippen LogP contribution is -2.34. The molecule has 6 heteroatoms. The highest BCUT2D eigenvalue weighted by molar-refractivity contribution is 6.36. The standard InChI is InChI=1S/C28H28N2O4/c1-18-10-11-21(14-19(18)2)25-26(29-22-15-23(33-3)17-24(16-22)34-4)28(32)30(27(25)31)13-12-20-8-6-5-7-9-20/h5-11,14-17,29H,12-13H2,1-4H3. The second-order valence-corrected chi connectivity index (χ2v) is 8.27. The number of anilines is 1. The van der Waals surface area contributed by atoms with E-state index in [1.807, 2.05) is 62.4 Å². The summed E-state index contributed by atoms with van der Waals surface area (Å²) >= 11 is 0. The van der Waals surface area contributed by atoms with Crippen LogP contribution in [-0.4, -0.2) is 37.5 Å². The summed E-state index contributed by atoms with van der Waals surface area (Å²) < 4.78 is 10.7. The van der Waals surface area contributed by atoms with Gasteiger partial charge in [-0.1, -0.05) is 48.5 Å². The molecular weight excluding hydrogens is 428 g/mol. The first kappa shape index (κ1) is 23.1. The van der Waals surface area contributed by atoms with Crippen LogP contribution in [0.4, 0.5) is 5.69 Å². The topological polar surface area (TPSA) is 67.9 Å².